The fourth-order valence-corrected chi connectivity index (χ4v) is 4.57. The smallest absolute Gasteiger partial charge is 0.317 e. The van der Waals surface area contributed by atoms with Crippen LogP contribution in [0.1, 0.15) is 30.3 Å². The number of carbonyl (C=O) groups is 3. The maximum Gasteiger partial charge on any atom is 0.317 e. The highest BCUT2D eigenvalue weighted by Gasteiger charge is 2.21. The topological polar surface area (TPSA) is 184 Å². The number of ether oxygens (including phenoxy) is 2. The molecule has 0 amide bonds. The van der Waals surface area contributed by atoms with Gasteiger partial charge in [-0.05, 0) is 18.4 Å². The second-order valence-electron chi connectivity index (χ2n) is 10.3. The first-order chi connectivity index (χ1) is 20.2. The normalized spacial score (nSPS) is 19.2. The van der Waals surface area contributed by atoms with E-state index in [-0.39, 0.29) is 39.1 Å². The van der Waals surface area contributed by atoms with Crippen LogP contribution >= 0.6 is 0 Å². The lowest BCUT2D eigenvalue weighted by molar-refractivity contribution is -0.183. The van der Waals surface area contributed by atoms with E-state index in [1.54, 1.807) is 4.90 Å². The van der Waals surface area contributed by atoms with E-state index in [0.717, 1.165) is 17.5 Å². The molecule has 2 aliphatic heterocycles. The summed E-state index contributed by atoms with van der Waals surface area (Å²) >= 11 is 0. The summed E-state index contributed by atoms with van der Waals surface area (Å²) in [7, 11) is 0. The predicted molar refractivity (Wildman–Crippen MR) is 152 cm³/mol. The Labute approximate surface area is 246 Å². The first kappa shape index (κ1) is 35.5. The number of carboxylic acid groups (broad SMARTS) is 3. The Morgan fingerprint density at radius 1 is 0.643 bits per heavy atom. The Kier molecular flexibility index (Phi) is 17.1. The van der Waals surface area contributed by atoms with Crippen LogP contribution in [0.5, 0.6) is 0 Å². The zero-order chi connectivity index (χ0) is 30.7. The van der Waals surface area contributed by atoms with Crippen molar-refractivity contribution in [2.45, 2.75) is 25.7 Å². The van der Waals surface area contributed by atoms with Crippen LogP contribution in [0, 0.1) is 0 Å². The summed E-state index contributed by atoms with van der Waals surface area (Å²) in [5.74, 6) is -2.84. The van der Waals surface area contributed by atoms with E-state index < -0.39 is 17.9 Å². The van der Waals surface area contributed by atoms with Crippen molar-refractivity contribution in [2.75, 3.05) is 98.4 Å². The second-order valence-corrected chi connectivity index (χ2v) is 10.3. The minimum absolute atomic E-state index is 0.0938. The number of carboxylic acids is 3. The zero-order valence-corrected chi connectivity index (χ0v) is 24.2. The van der Waals surface area contributed by atoms with Crippen LogP contribution in [0.2, 0.25) is 0 Å². The third-order valence-electron chi connectivity index (χ3n) is 6.81. The zero-order valence-electron chi connectivity index (χ0n) is 24.2. The Hall–Kier alpha value is -2.69. The third kappa shape index (κ3) is 15.0. The monoisotopic (exact) mass is 598 g/mol. The van der Waals surface area contributed by atoms with Gasteiger partial charge in [0.25, 0.3) is 0 Å². The molecule has 1 aromatic rings. The number of nitrogens with zero attached hydrogens (tertiary/aromatic N) is 4. The molecule has 0 aliphatic carbocycles. The quantitative estimate of drug-likeness (QED) is 0.219. The largest absolute Gasteiger partial charge is 0.480 e. The summed E-state index contributed by atoms with van der Waals surface area (Å²) in [6.07, 6.45) is 1.04. The van der Waals surface area contributed by atoms with E-state index in [1.165, 1.54) is 0 Å². The summed E-state index contributed by atoms with van der Waals surface area (Å²) in [6, 6.07) is 8.04. The molecule has 2 aliphatic rings. The van der Waals surface area contributed by atoms with Gasteiger partial charge in [0.2, 0.25) is 0 Å². The standard InChI is InChI=1S/C25H38N4O8.C3H8O2/c30-22(31)17-27-8-6-26(16-20-2-4-21(5-3-20)25-36-14-1-15-37-25)7-9-28(18-23(32)33)11-13-29(12-10-27)19-24(34)35;4-2-1-3-5/h2-5,25H,1,6-19H2,(H,30,31)(H,32,33)(H,34,35);4-5H,1-3H2. The van der Waals surface area contributed by atoms with Crippen LogP contribution in [0.4, 0.5) is 0 Å². The predicted octanol–water partition coefficient (Wildman–Crippen LogP) is -0.541. The SMILES string of the molecule is O=C(O)CN1CCN(CC(=O)O)CCN(Cc2ccc(C3OCCCO3)cc2)CCN(CC(=O)O)CC1.OCCCO. The highest BCUT2D eigenvalue weighted by atomic mass is 16.7. The van der Waals surface area contributed by atoms with Gasteiger partial charge in [-0.1, -0.05) is 24.3 Å². The summed E-state index contributed by atoms with van der Waals surface area (Å²) in [5, 5.41) is 43.8. The summed E-state index contributed by atoms with van der Waals surface area (Å²) in [4.78, 5) is 41.8. The molecular formula is C28H46N4O10. The van der Waals surface area contributed by atoms with Gasteiger partial charge in [0.05, 0.1) is 32.8 Å². The van der Waals surface area contributed by atoms with Gasteiger partial charge in [-0.2, -0.15) is 0 Å². The van der Waals surface area contributed by atoms with Gasteiger partial charge >= 0.3 is 17.9 Å². The van der Waals surface area contributed by atoms with Gasteiger partial charge in [0, 0.05) is 77.7 Å². The number of aliphatic hydroxyl groups excluding tert-OH is 2. The molecule has 0 aromatic heterocycles. The van der Waals surface area contributed by atoms with E-state index in [9.17, 15) is 29.7 Å². The van der Waals surface area contributed by atoms with Crippen molar-refractivity contribution in [2.24, 2.45) is 0 Å². The molecule has 14 heteroatoms. The Balaban J connectivity index is 0.00000113. The number of aliphatic hydroxyl groups is 2. The molecule has 238 valence electrons. The maximum absolute atomic E-state index is 11.4. The minimum Gasteiger partial charge on any atom is -0.480 e. The highest BCUT2D eigenvalue weighted by Crippen LogP contribution is 2.23. The molecule has 14 nitrogen and oxygen atoms in total. The van der Waals surface area contributed by atoms with Crippen molar-refractivity contribution in [3.05, 3.63) is 35.4 Å². The third-order valence-corrected chi connectivity index (χ3v) is 6.81. The molecule has 42 heavy (non-hydrogen) atoms. The molecule has 1 aromatic carbocycles. The molecule has 0 atom stereocenters. The average molecular weight is 599 g/mol. The molecule has 2 heterocycles. The van der Waals surface area contributed by atoms with Gasteiger partial charge in [0.15, 0.2) is 6.29 Å². The van der Waals surface area contributed by atoms with Crippen LogP contribution in [-0.2, 0) is 30.4 Å². The first-order valence-electron chi connectivity index (χ1n) is 14.3. The van der Waals surface area contributed by atoms with Crippen molar-refractivity contribution in [1.82, 2.24) is 19.6 Å². The molecule has 5 N–H and O–H groups in total. The first-order valence-corrected chi connectivity index (χ1v) is 14.3. The van der Waals surface area contributed by atoms with Crippen molar-refractivity contribution in [3.8, 4) is 0 Å². The highest BCUT2D eigenvalue weighted by molar-refractivity contribution is 5.69. The molecule has 0 radical (unpaired) electrons. The van der Waals surface area contributed by atoms with Gasteiger partial charge in [0.1, 0.15) is 0 Å². The Morgan fingerprint density at radius 3 is 1.36 bits per heavy atom. The Morgan fingerprint density at radius 2 is 1.02 bits per heavy atom. The van der Waals surface area contributed by atoms with Crippen LogP contribution < -0.4 is 0 Å². The minimum atomic E-state index is -0.972. The molecule has 0 bridgehead atoms. The lowest BCUT2D eigenvalue weighted by Gasteiger charge is -2.33. The number of hydrogen-bond acceptors (Lipinski definition) is 11. The maximum atomic E-state index is 11.4. The van der Waals surface area contributed by atoms with Crippen molar-refractivity contribution in [1.29, 1.82) is 0 Å². The molecule has 0 unspecified atom stereocenters. The molecule has 3 rings (SSSR count). The lowest BCUT2D eigenvalue weighted by atomic mass is 10.1. The van der Waals surface area contributed by atoms with Crippen LogP contribution in [0.15, 0.2) is 24.3 Å². The van der Waals surface area contributed by atoms with Crippen molar-refractivity contribution >= 4 is 17.9 Å². The molecule has 0 saturated carbocycles. The fraction of sp³-hybridized carbons (Fsp3) is 0.679. The summed E-state index contributed by atoms with van der Waals surface area (Å²) in [6.45, 7) is 5.46. The van der Waals surface area contributed by atoms with Crippen molar-refractivity contribution in [3.63, 3.8) is 0 Å². The van der Waals surface area contributed by atoms with Crippen LogP contribution in [-0.4, -0.2) is 161 Å². The van der Waals surface area contributed by atoms with Crippen molar-refractivity contribution < 1.29 is 49.4 Å². The van der Waals surface area contributed by atoms with Crippen LogP contribution in [0.3, 0.4) is 0 Å². The van der Waals surface area contributed by atoms with E-state index in [4.69, 9.17) is 19.7 Å². The van der Waals surface area contributed by atoms with Gasteiger partial charge in [-0.3, -0.25) is 34.0 Å². The summed E-state index contributed by atoms with van der Waals surface area (Å²) in [5.41, 5.74) is 2.04. The van der Waals surface area contributed by atoms with E-state index in [0.29, 0.717) is 78.5 Å². The van der Waals surface area contributed by atoms with Crippen LogP contribution in [0.25, 0.3) is 0 Å². The van der Waals surface area contributed by atoms with E-state index in [1.807, 2.05) is 34.1 Å². The van der Waals surface area contributed by atoms with E-state index in [2.05, 4.69) is 4.90 Å². The van der Waals surface area contributed by atoms with Gasteiger partial charge < -0.3 is 35.0 Å². The average Bonchev–Trinajstić information content (AvgIpc) is 2.95. The summed E-state index contributed by atoms with van der Waals surface area (Å²) < 4.78 is 11.3. The van der Waals surface area contributed by atoms with Gasteiger partial charge in [-0.25, -0.2) is 0 Å². The lowest BCUT2D eigenvalue weighted by Crippen LogP contribution is -2.48. The molecule has 0 spiro atoms. The fourth-order valence-electron chi connectivity index (χ4n) is 4.57. The number of benzene rings is 1. The van der Waals surface area contributed by atoms with Gasteiger partial charge in [-0.15, -0.1) is 0 Å². The second kappa shape index (κ2) is 20.3. The number of aliphatic carboxylic acids is 3. The number of hydrogen-bond donors (Lipinski definition) is 5. The Bertz CT molecular complexity index is 896. The molecule has 2 saturated heterocycles. The van der Waals surface area contributed by atoms with E-state index >= 15 is 0 Å². The molecular weight excluding hydrogens is 552 g/mol. The molecule has 2 fully saturated rings. The number of rotatable bonds is 11.